The highest BCUT2D eigenvalue weighted by Crippen LogP contribution is 2.43. The van der Waals surface area contributed by atoms with Crippen molar-refractivity contribution in [1.29, 1.82) is 0 Å². The fourth-order valence-corrected chi connectivity index (χ4v) is 9.18. The van der Waals surface area contributed by atoms with Gasteiger partial charge in [0.15, 0.2) is 0 Å². The van der Waals surface area contributed by atoms with Gasteiger partial charge in [-0.2, -0.15) is 0 Å². The Labute approximate surface area is 198 Å². The first-order valence-corrected chi connectivity index (χ1v) is 13.3. The van der Waals surface area contributed by atoms with Crippen molar-refractivity contribution in [1.82, 2.24) is 18.8 Å². The number of benzene rings is 1. The van der Waals surface area contributed by atoms with Crippen LogP contribution in [0.15, 0.2) is 41.4 Å². The molecule has 11 heteroatoms. The van der Waals surface area contributed by atoms with E-state index >= 15 is 0 Å². The molecule has 0 bridgehead atoms. The van der Waals surface area contributed by atoms with E-state index in [9.17, 15) is 9.59 Å². The Morgan fingerprint density at radius 1 is 0.742 bits per heavy atom. The highest BCUT2D eigenvalue weighted by Gasteiger charge is 2.25. The zero-order chi connectivity index (χ0) is 20.8. The van der Waals surface area contributed by atoms with Crippen molar-refractivity contribution in [2.24, 2.45) is 0 Å². The molecule has 8 aromatic rings. The lowest BCUT2D eigenvalue weighted by molar-refractivity contribution is 1.19. The SMILES string of the molecule is O=c1c2sc3c4c(ccc(c24)c2[nH]c4scc(Br)c4n12)c(=O)n1c3[nH]c2scc(Br)c21. The van der Waals surface area contributed by atoms with Gasteiger partial charge in [-0.05, 0) is 44.0 Å². The van der Waals surface area contributed by atoms with Gasteiger partial charge in [-0.1, -0.05) is 0 Å². The standard InChI is InChI=1S/C20H6Br2N4O2S3/c21-7-3-29-17-11(7)25-15(23-17)5-1-2-6-10-9(5)14(20(25)28)31-13(10)16-24-18-12(8(22)4-30-18)26(16)19(6)27/h1-4,23-24H. The molecule has 0 spiro atoms. The predicted octanol–water partition coefficient (Wildman–Crippen LogP) is 6.48. The van der Waals surface area contributed by atoms with E-state index in [1.807, 2.05) is 22.9 Å². The van der Waals surface area contributed by atoms with Crippen molar-refractivity contribution < 1.29 is 0 Å². The Kier molecular flexibility index (Phi) is 3.03. The molecule has 0 saturated heterocycles. The zero-order valence-electron chi connectivity index (χ0n) is 15.0. The Morgan fingerprint density at radius 3 is 2.03 bits per heavy atom. The van der Waals surface area contributed by atoms with Crippen LogP contribution in [0, 0.1) is 0 Å². The lowest BCUT2D eigenvalue weighted by Gasteiger charge is -2.05. The summed E-state index contributed by atoms with van der Waals surface area (Å²) in [5, 5.41) is 7.26. The molecule has 0 aliphatic rings. The van der Waals surface area contributed by atoms with Crippen LogP contribution in [0.4, 0.5) is 0 Å². The molecule has 7 heterocycles. The van der Waals surface area contributed by atoms with Crippen LogP contribution in [0.25, 0.3) is 62.9 Å². The van der Waals surface area contributed by atoms with Crippen LogP contribution in [0.2, 0.25) is 0 Å². The molecule has 0 aliphatic heterocycles. The van der Waals surface area contributed by atoms with E-state index in [4.69, 9.17) is 0 Å². The average Bonchev–Trinajstić information content (AvgIpc) is 3.53. The van der Waals surface area contributed by atoms with E-state index in [2.05, 4.69) is 41.8 Å². The molecule has 0 fully saturated rings. The minimum absolute atomic E-state index is 0.0679. The molecule has 0 atom stereocenters. The molecular weight excluding hydrogens is 584 g/mol. The van der Waals surface area contributed by atoms with Crippen LogP contribution in [-0.2, 0) is 0 Å². The van der Waals surface area contributed by atoms with Gasteiger partial charge in [-0.3, -0.25) is 18.4 Å². The normalized spacial score (nSPS) is 13.1. The molecule has 1 aromatic carbocycles. The van der Waals surface area contributed by atoms with Gasteiger partial charge in [-0.15, -0.1) is 34.0 Å². The number of aromatic amines is 2. The third-order valence-corrected chi connectivity index (χ3v) is 10.7. The van der Waals surface area contributed by atoms with Crippen molar-refractivity contribution in [3.8, 4) is 0 Å². The van der Waals surface area contributed by atoms with E-state index in [-0.39, 0.29) is 11.1 Å². The maximum Gasteiger partial charge on any atom is 0.274 e. The summed E-state index contributed by atoms with van der Waals surface area (Å²) < 4.78 is 6.85. The minimum Gasteiger partial charge on any atom is -0.331 e. The predicted molar refractivity (Wildman–Crippen MR) is 137 cm³/mol. The van der Waals surface area contributed by atoms with Crippen molar-refractivity contribution in [3.05, 3.63) is 52.5 Å². The van der Waals surface area contributed by atoms with Crippen LogP contribution < -0.4 is 11.1 Å². The summed E-state index contributed by atoms with van der Waals surface area (Å²) in [6.45, 7) is 0. The molecule has 0 amide bonds. The van der Waals surface area contributed by atoms with Crippen molar-refractivity contribution in [2.75, 3.05) is 0 Å². The average molecular weight is 590 g/mol. The van der Waals surface area contributed by atoms with Crippen LogP contribution >= 0.6 is 65.9 Å². The molecule has 7 aromatic heterocycles. The molecule has 2 N–H and O–H groups in total. The smallest absolute Gasteiger partial charge is 0.274 e. The number of nitrogens with one attached hydrogen (secondary N) is 2. The number of hydrogen-bond donors (Lipinski definition) is 2. The number of fused-ring (bicyclic) bond motifs is 8. The number of pyridine rings is 2. The van der Waals surface area contributed by atoms with Crippen LogP contribution in [0.3, 0.4) is 0 Å². The number of rotatable bonds is 0. The summed E-state index contributed by atoms with van der Waals surface area (Å²) in [7, 11) is 0. The van der Waals surface area contributed by atoms with E-state index in [0.29, 0.717) is 10.1 Å². The van der Waals surface area contributed by atoms with Gasteiger partial charge in [0.05, 0.1) is 24.7 Å². The van der Waals surface area contributed by atoms with Crippen LogP contribution in [-0.4, -0.2) is 18.8 Å². The number of H-pyrrole nitrogens is 2. The Morgan fingerprint density at radius 2 is 1.32 bits per heavy atom. The molecule has 0 saturated carbocycles. The summed E-state index contributed by atoms with van der Waals surface area (Å²) >= 11 is 11.7. The fourth-order valence-electron chi connectivity index (χ4n) is 4.75. The topological polar surface area (TPSA) is 74.5 Å². The maximum absolute atomic E-state index is 13.7. The minimum atomic E-state index is -0.0788. The summed E-state index contributed by atoms with van der Waals surface area (Å²) in [5.74, 6) is 0. The lowest BCUT2D eigenvalue weighted by Crippen LogP contribution is -2.13. The summed E-state index contributed by atoms with van der Waals surface area (Å²) in [4.78, 5) is 35.9. The lowest BCUT2D eigenvalue weighted by atomic mass is 10.0. The van der Waals surface area contributed by atoms with Gasteiger partial charge in [0.25, 0.3) is 11.1 Å². The quantitative estimate of drug-likeness (QED) is 0.199. The second kappa shape index (κ2) is 5.41. The fraction of sp³-hybridized carbons (Fsp3) is 0. The van der Waals surface area contributed by atoms with Gasteiger partial charge < -0.3 is 9.97 Å². The molecule has 0 aliphatic carbocycles. The summed E-state index contributed by atoms with van der Waals surface area (Å²) in [6, 6.07) is 3.85. The second-order valence-corrected chi connectivity index (χ2v) is 11.9. The van der Waals surface area contributed by atoms with Gasteiger partial charge in [0.1, 0.15) is 25.7 Å². The number of imidazole rings is 2. The third kappa shape index (κ3) is 1.82. The molecule has 150 valence electrons. The van der Waals surface area contributed by atoms with Crippen molar-refractivity contribution >= 4 is 129 Å². The highest BCUT2D eigenvalue weighted by atomic mass is 79.9. The van der Waals surface area contributed by atoms with Gasteiger partial charge in [0.2, 0.25) is 0 Å². The Bertz CT molecular complexity index is 2180. The van der Waals surface area contributed by atoms with Crippen molar-refractivity contribution in [3.63, 3.8) is 0 Å². The molecule has 0 unspecified atom stereocenters. The first-order chi connectivity index (χ1) is 15.0. The Balaban J connectivity index is 1.75. The number of hydrogen-bond acceptors (Lipinski definition) is 5. The largest absolute Gasteiger partial charge is 0.331 e. The third-order valence-electron chi connectivity index (χ3n) is 5.97. The highest BCUT2D eigenvalue weighted by molar-refractivity contribution is 9.11. The first-order valence-electron chi connectivity index (χ1n) is 9.15. The van der Waals surface area contributed by atoms with Crippen molar-refractivity contribution in [2.45, 2.75) is 0 Å². The van der Waals surface area contributed by atoms with E-state index < -0.39 is 0 Å². The van der Waals surface area contributed by atoms with E-state index in [1.165, 1.54) is 11.3 Å². The molecular formula is C20H6Br2N4O2S3. The van der Waals surface area contributed by atoms with Crippen LogP contribution in [0.5, 0.6) is 0 Å². The Hall–Kier alpha value is -2.18. The molecule has 6 nitrogen and oxygen atoms in total. The second-order valence-electron chi connectivity index (χ2n) is 7.42. The number of aromatic nitrogens is 4. The van der Waals surface area contributed by atoms with Crippen LogP contribution in [0.1, 0.15) is 0 Å². The summed E-state index contributed by atoms with van der Waals surface area (Å²) in [6.07, 6.45) is 0. The molecule has 8 rings (SSSR count). The maximum atomic E-state index is 13.7. The van der Waals surface area contributed by atoms with Gasteiger partial charge >= 0.3 is 0 Å². The monoisotopic (exact) mass is 588 g/mol. The van der Waals surface area contributed by atoms with E-state index in [0.717, 1.165) is 61.8 Å². The number of halogens is 2. The van der Waals surface area contributed by atoms with Gasteiger partial charge in [-0.25, -0.2) is 0 Å². The summed E-state index contributed by atoms with van der Waals surface area (Å²) in [5.41, 5.74) is 3.05. The number of thiophene rings is 3. The zero-order valence-corrected chi connectivity index (χ0v) is 20.6. The molecule has 31 heavy (non-hydrogen) atoms. The number of nitrogens with zero attached hydrogens (tertiary/aromatic N) is 2. The first kappa shape index (κ1) is 17.4. The van der Waals surface area contributed by atoms with Gasteiger partial charge in [0, 0.05) is 32.3 Å². The molecule has 0 radical (unpaired) electrons. The van der Waals surface area contributed by atoms with E-state index in [1.54, 1.807) is 31.5 Å².